The van der Waals surface area contributed by atoms with Crippen LogP contribution in [0.1, 0.15) is 58.4 Å². The van der Waals surface area contributed by atoms with Crippen molar-refractivity contribution in [2.75, 3.05) is 48.3 Å². The Labute approximate surface area is 276 Å². The van der Waals surface area contributed by atoms with E-state index in [-0.39, 0.29) is 17.6 Å². The Balaban J connectivity index is 1.27. The third kappa shape index (κ3) is 8.72. The average molecular weight is 638 g/mol. The summed E-state index contributed by atoms with van der Waals surface area (Å²) in [5, 5.41) is 5.96. The fourth-order valence-electron chi connectivity index (χ4n) is 5.55. The van der Waals surface area contributed by atoms with Crippen LogP contribution < -0.4 is 20.4 Å². The molecule has 0 bridgehead atoms. The molecule has 0 aliphatic carbocycles. The summed E-state index contributed by atoms with van der Waals surface area (Å²) in [5.41, 5.74) is 5.50. The molecule has 1 aliphatic heterocycles. The van der Waals surface area contributed by atoms with E-state index in [0.29, 0.717) is 24.3 Å². The molecule has 0 saturated carbocycles. The lowest BCUT2D eigenvalue weighted by atomic mass is 10.1. The minimum absolute atomic E-state index is 0.187. The molecule has 10 nitrogen and oxygen atoms in total. The number of aryl methyl sites for hydroxylation is 1. The molecule has 1 fully saturated rings. The van der Waals surface area contributed by atoms with Gasteiger partial charge >= 0.3 is 6.09 Å². The number of hydrogen-bond donors (Lipinski definition) is 2. The molecule has 2 N–H and O–H groups in total. The Morgan fingerprint density at radius 2 is 1.53 bits per heavy atom. The summed E-state index contributed by atoms with van der Waals surface area (Å²) in [6, 6.07) is 24.7. The summed E-state index contributed by atoms with van der Waals surface area (Å²) in [6.07, 6.45) is 1.05. The number of carbonyl (C=O) groups excluding carboxylic acids is 3. The average Bonchev–Trinajstić information content (AvgIpc) is 3.59. The second-order valence-electron chi connectivity index (χ2n) is 12.8. The molecule has 3 amide bonds. The second kappa shape index (κ2) is 14.5. The van der Waals surface area contributed by atoms with Gasteiger partial charge in [-0.1, -0.05) is 42.5 Å². The number of ether oxygens (including phenoxy) is 1. The van der Waals surface area contributed by atoms with Crippen molar-refractivity contribution in [3.8, 4) is 0 Å². The van der Waals surface area contributed by atoms with Gasteiger partial charge in [0.2, 0.25) is 0 Å². The SMILES string of the molecule is Cc1ccccc1N1CCN(c2ccc(C(=O)NCc3cccc(CN(C)C(=O)OC(C)(C)C)c3)cc2NC(=O)c2ccco2)CC1. The number of nitrogens with one attached hydrogen (secondary N) is 2. The van der Waals surface area contributed by atoms with E-state index in [4.69, 9.17) is 9.15 Å². The molecule has 1 aromatic heterocycles. The minimum Gasteiger partial charge on any atom is -0.459 e. The maximum atomic E-state index is 13.4. The van der Waals surface area contributed by atoms with E-state index in [9.17, 15) is 14.4 Å². The van der Waals surface area contributed by atoms with E-state index in [1.54, 1.807) is 31.3 Å². The van der Waals surface area contributed by atoms with Crippen molar-refractivity contribution < 1.29 is 23.5 Å². The van der Waals surface area contributed by atoms with Gasteiger partial charge in [-0.3, -0.25) is 9.59 Å². The van der Waals surface area contributed by atoms with E-state index >= 15 is 0 Å². The van der Waals surface area contributed by atoms with Crippen molar-refractivity contribution >= 4 is 35.0 Å². The second-order valence-corrected chi connectivity index (χ2v) is 12.8. The van der Waals surface area contributed by atoms with Crippen LogP contribution in [0.5, 0.6) is 0 Å². The molecule has 1 aliphatic rings. The van der Waals surface area contributed by atoms with Gasteiger partial charge < -0.3 is 34.5 Å². The number of hydrogen-bond acceptors (Lipinski definition) is 7. The van der Waals surface area contributed by atoms with Crippen molar-refractivity contribution in [1.82, 2.24) is 10.2 Å². The maximum absolute atomic E-state index is 13.4. The molecule has 0 radical (unpaired) electrons. The number of carbonyl (C=O) groups is 3. The molecule has 0 unspecified atom stereocenters. The summed E-state index contributed by atoms with van der Waals surface area (Å²) >= 11 is 0. The quantitative estimate of drug-likeness (QED) is 0.217. The van der Waals surface area contributed by atoms with Crippen LogP contribution in [-0.2, 0) is 17.8 Å². The molecular weight excluding hydrogens is 594 g/mol. The first-order chi connectivity index (χ1) is 22.5. The zero-order chi connectivity index (χ0) is 33.6. The Morgan fingerprint density at radius 1 is 0.830 bits per heavy atom. The van der Waals surface area contributed by atoms with Gasteiger partial charge in [-0.05, 0) is 80.8 Å². The first-order valence-electron chi connectivity index (χ1n) is 15.8. The fraction of sp³-hybridized carbons (Fsp3) is 0.324. The Kier molecular flexibility index (Phi) is 10.2. The molecule has 4 aromatic rings. The predicted octanol–water partition coefficient (Wildman–Crippen LogP) is 6.46. The number of anilines is 3. The largest absolute Gasteiger partial charge is 0.459 e. The topological polar surface area (TPSA) is 107 Å². The molecule has 47 heavy (non-hydrogen) atoms. The molecular formula is C37H43N5O5. The molecule has 0 atom stereocenters. The van der Waals surface area contributed by atoms with E-state index in [1.165, 1.54) is 22.4 Å². The first-order valence-corrected chi connectivity index (χ1v) is 15.8. The normalized spacial score (nSPS) is 13.2. The number of rotatable bonds is 9. The minimum atomic E-state index is -0.576. The first kappa shape index (κ1) is 33.1. The lowest BCUT2D eigenvalue weighted by Gasteiger charge is -2.38. The molecule has 1 saturated heterocycles. The molecule has 246 valence electrons. The van der Waals surface area contributed by atoms with Gasteiger partial charge in [-0.2, -0.15) is 0 Å². The summed E-state index contributed by atoms with van der Waals surface area (Å²) < 4.78 is 10.8. The van der Waals surface area contributed by atoms with Gasteiger partial charge in [-0.15, -0.1) is 0 Å². The number of para-hydroxylation sites is 1. The molecule has 2 heterocycles. The third-order valence-corrected chi connectivity index (χ3v) is 7.90. The highest BCUT2D eigenvalue weighted by Crippen LogP contribution is 2.30. The van der Waals surface area contributed by atoms with Crippen molar-refractivity contribution in [2.45, 2.75) is 46.4 Å². The van der Waals surface area contributed by atoms with Crippen molar-refractivity contribution in [3.05, 3.63) is 113 Å². The maximum Gasteiger partial charge on any atom is 0.410 e. The van der Waals surface area contributed by atoms with Crippen LogP contribution in [0.2, 0.25) is 0 Å². The predicted molar refractivity (Wildman–Crippen MR) is 184 cm³/mol. The van der Waals surface area contributed by atoms with Crippen LogP contribution in [0.4, 0.5) is 21.9 Å². The van der Waals surface area contributed by atoms with E-state index in [1.807, 2.05) is 57.2 Å². The van der Waals surface area contributed by atoms with Gasteiger partial charge in [0.05, 0.1) is 17.6 Å². The van der Waals surface area contributed by atoms with E-state index in [2.05, 4.69) is 45.6 Å². The highest BCUT2D eigenvalue weighted by atomic mass is 16.6. The summed E-state index contributed by atoms with van der Waals surface area (Å²) in [7, 11) is 1.69. The van der Waals surface area contributed by atoms with Crippen LogP contribution in [0.3, 0.4) is 0 Å². The van der Waals surface area contributed by atoms with Crippen LogP contribution in [0.25, 0.3) is 0 Å². The van der Waals surface area contributed by atoms with Crippen LogP contribution in [0, 0.1) is 6.92 Å². The van der Waals surface area contributed by atoms with Crippen LogP contribution >= 0.6 is 0 Å². The van der Waals surface area contributed by atoms with Gasteiger partial charge in [0.1, 0.15) is 5.60 Å². The highest BCUT2D eigenvalue weighted by Gasteiger charge is 2.23. The Bertz CT molecular complexity index is 1700. The van der Waals surface area contributed by atoms with Crippen molar-refractivity contribution in [2.24, 2.45) is 0 Å². The summed E-state index contributed by atoms with van der Waals surface area (Å²) in [5.74, 6) is -0.474. The number of furan rings is 1. The number of piperazine rings is 1. The zero-order valence-electron chi connectivity index (χ0n) is 27.7. The number of amides is 3. The smallest absolute Gasteiger partial charge is 0.410 e. The molecule has 10 heteroatoms. The number of nitrogens with zero attached hydrogens (tertiary/aromatic N) is 3. The lowest BCUT2D eigenvalue weighted by Crippen LogP contribution is -2.47. The molecule has 5 rings (SSSR count). The van der Waals surface area contributed by atoms with E-state index in [0.717, 1.165) is 43.0 Å². The molecule has 0 spiro atoms. The monoisotopic (exact) mass is 637 g/mol. The van der Waals surface area contributed by atoms with Gasteiger partial charge in [0, 0.05) is 57.6 Å². The fourth-order valence-corrected chi connectivity index (χ4v) is 5.55. The van der Waals surface area contributed by atoms with Crippen molar-refractivity contribution in [1.29, 1.82) is 0 Å². The van der Waals surface area contributed by atoms with E-state index < -0.39 is 11.7 Å². The standard InChI is InChI=1S/C37H43N5O5/c1-26-10-6-7-13-31(26)41-17-19-42(20-18-41)32-16-15-29(23-30(32)39-35(44)33-14-9-21-46-33)34(43)38-24-27-11-8-12-28(22-27)25-40(5)36(45)47-37(2,3)4/h6-16,21-23H,17-20,24-25H2,1-5H3,(H,38,43)(H,39,44). The van der Waals surface area contributed by atoms with Crippen LogP contribution in [-0.4, -0.2) is 61.6 Å². The zero-order valence-corrected chi connectivity index (χ0v) is 27.7. The Morgan fingerprint density at radius 3 is 2.21 bits per heavy atom. The highest BCUT2D eigenvalue weighted by molar-refractivity contribution is 6.05. The lowest BCUT2D eigenvalue weighted by molar-refractivity contribution is 0.0285. The Hall–Kier alpha value is -5.25. The third-order valence-electron chi connectivity index (χ3n) is 7.90. The summed E-state index contributed by atoms with van der Waals surface area (Å²) in [6.45, 7) is 11.4. The van der Waals surface area contributed by atoms with Gasteiger partial charge in [0.15, 0.2) is 5.76 Å². The van der Waals surface area contributed by atoms with Gasteiger partial charge in [-0.25, -0.2) is 4.79 Å². The molecule has 3 aromatic carbocycles. The van der Waals surface area contributed by atoms with Crippen LogP contribution in [0.15, 0.2) is 89.5 Å². The summed E-state index contributed by atoms with van der Waals surface area (Å²) in [4.78, 5) is 44.9. The number of benzene rings is 3. The van der Waals surface area contributed by atoms with Gasteiger partial charge in [0.25, 0.3) is 11.8 Å². The van der Waals surface area contributed by atoms with Crippen molar-refractivity contribution in [3.63, 3.8) is 0 Å².